The minimum Gasteiger partial charge on any atom is -0.479 e. The second-order valence-corrected chi connectivity index (χ2v) is 7.95. The Hall–Kier alpha value is -3.93. The van der Waals surface area contributed by atoms with E-state index < -0.39 is 46.7 Å². The van der Waals surface area contributed by atoms with E-state index in [4.69, 9.17) is 19.9 Å². The highest BCUT2D eigenvalue weighted by Crippen LogP contribution is 2.46. The second-order valence-electron chi connectivity index (χ2n) is 7.95. The quantitative estimate of drug-likeness (QED) is 0.113. The molecule has 1 aliphatic heterocycles. The van der Waals surface area contributed by atoms with Gasteiger partial charge < -0.3 is 25.1 Å². The van der Waals surface area contributed by atoms with Gasteiger partial charge >= 0.3 is 6.18 Å². The van der Waals surface area contributed by atoms with Crippen LogP contribution in [0.2, 0.25) is 0 Å². The molecule has 0 spiro atoms. The third kappa shape index (κ3) is 4.89. The van der Waals surface area contributed by atoms with Gasteiger partial charge in [0, 0.05) is 31.9 Å². The van der Waals surface area contributed by atoms with Crippen molar-refractivity contribution in [1.82, 2.24) is 4.90 Å². The number of ether oxygens (including phenoxy) is 3. The zero-order valence-electron chi connectivity index (χ0n) is 19.3. The zero-order chi connectivity index (χ0) is 26.8. The van der Waals surface area contributed by atoms with Crippen LogP contribution in [0.15, 0.2) is 47.5 Å². The summed E-state index contributed by atoms with van der Waals surface area (Å²) in [4.78, 5) is 15.4. The van der Waals surface area contributed by atoms with Gasteiger partial charge in [-0.1, -0.05) is 6.07 Å². The predicted molar refractivity (Wildman–Crippen MR) is 119 cm³/mol. The van der Waals surface area contributed by atoms with E-state index in [0.29, 0.717) is 0 Å². The molecule has 0 saturated carbocycles. The highest BCUT2D eigenvalue weighted by atomic mass is 19.4. The fraction of sp³-hybridized carbons (Fsp3) is 0.364. The average molecular weight is 509 g/mol. The molecule has 11 nitrogen and oxygen atoms in total. The average Bonchev–Trinajstić information content (AvgIpc) is 2.82. The first-order valence-electron chi connectivity index (χ1n) is 10.3. The fourth-order valence-corrected chi connectivity index (χ4v) is 3.98. The number of benzene rings is 2. The van der Waals surface area contributed by atoms with Crippen molar-refractivity contribution in [3.05, 3.63) is 63.7 Å². The van der Waals surface area contributed by atoms with Crippen molar-refractivity contribution in [3.8, 4) is 11.9 Å². The summed E-state index contributed by atoms with van der Waals surface area (Å²) < 4.78 is 55.8. The van der Waals surface area contributed by atoms with Crippen molar-refractivity contribution < 1.29 is 37.4 Å². The molecular weight excluding hydrogens is 487 g/mol. The Kier molecular flexibility index (Phi) is 7.39. The van der Waals surface area contributed by atoms with Crippen molar-refractivity contribution in [3.63, 3.8) is 0 Å². The molecule has 1 aliphatic rings. The fourth-order valence-electron chi connectivity index (χ4n) is 3.98. The van der Waals surface area contributed by atoms with Crippen LogP contribution in [0.5, 0.6) is 5.75 Å². The van der Waals surface area contributed by atoms with Crippen molar-refractivity contribution in [1.29, 1.82) is 5.26 Å². The van der Waals surface area contributed by atoms with Gasteiger partial charge in [0.25, 0.3) is 5.69 Å². The Morgan fingerprint density at radius 3 is 2.56 bits per heavy atom. The van der Waals surface area contributed by atoms with Gasteiger partial charge in [-0.3, -0.25) is 10.1 Å². The molecule has 0 fully saturated rings. The van der Waals surface area contributed by atoms with Gasteiger partial charge in [0.05, 0.1) is 16.2 Å². The summed E-state index contributed by atoms with van der Waals surface area (Å²) in [5, 5.41) is 32.7. The molecule has 3 unspecified atom stereocenters. The minimum absolute atomic E-state index is 0.0175. The Morgan fingerprint density at radius 2 is 2.00 bits per heavy atom. The van der Waals surface area contributed by atoms with E-state index in [-0.39, 0.29) is 22.7 Å². The first kappa shape index (κ1) is 26.7. The van der Waals surface area contributed by atoms with Gasteiger partial charge in [-0.05, 0) is 31.2 Å². The topological polar surface area (TPSA) is 156 Å². The molecule has 2 aromatic carbocycles. The molecule has 36 heavy (non-hydrogen) atoms. The number of nitriles is 1. The van der Waals surface area contributed by atoms with Crippen LogP contribution in [-0.4, -0.2) is 53.1 Å². The molecule has 3 atom stereocenters. The number of non-ortho nitro benzene ring substituents is 1. The molecule has 0 bridgehead atoms. The maximum absolute atomic E-state index is 13.1. The number of methoxy groups -OCH3 is 2. The van der Waals surface area contributed by atoms with Crippen LogP contribution in [-0.2, 0) is 15.7 Å². The van der Waals surface area contributed by atoms with Crippen LogP contribution in [0.1, 0.15) is 24.1 Å². The lowest BCUT2D eigenvalue weighted by molar-refractivity contribution is -0.385. The first-order chi connectivity index (χ1) is 16.9. The number of nitrogens with zero attached hydrogens (tertiary/aromatic N) is 4. The lowest BCUT2D eigenvalue weighted by Gasteiger charge is -2.47. The van der Waals surface area contributed by atoms with E-state index in [9.17, 15) is 33.7 Å². The summed E-state index contributed by atoms with van der Waals surface area (Å²) in [6, 6.07) is 6.07. The molecule has 1 heterocycles. The van der Waals surface area contributed by atoms with Crippen LogP contribution >= 0.6 is 0 Å². The van der Waals surface area contributed by atoms with Crippen LogP contribution < -0.4 is 10.5 Å². The summed E-state index contributed by atoms with van der Waals surface area (Å²) in [7, 11) is 2.59. The van der Waals surface area contributed by atoms with Gasteiger partial charge in [0.2, 0.25) is 5.96 Å². The number of hydrogen-bond acceptors (Lipinski definition) is 8. The van der Waals surface area contributed by atoms with Crippen molar-refractivity contribution >= 4 is 17.3 Å². The van der Waals surface area contributed by atoms with Gasteiger partial charge in [0.1, 0.15) is 17.9 Å². The summed E-state index contributed by atoms with van der Waals surface area (Å²) in [6.45, 7) is 1.43. The second kappa shape index (κ2) is 9.97. The lowest BCUT2D eigenvalue weighted by Crippen LogP contribution is -2.62. The van der Waals surface area contributed by atoms with Crippen LogP contribution in [0.25, 0.3) is 0 Å². The van der Waals surface area contributed by atoms with Crippen LogP contribution in [0, 0.1) is 21.6 Å². The van der Waals surface area contributed by atoms with E-state index in [0.717, 1.165) is 29.2 Å². The molecule has 3 N–H and O–H groups in total. The number of rotatable bonds is 6. The Bertz CT molecular complexity index is 1210. The van der Waals surface area contributed by atoms with Crippen molar-refractivity contribution in [2.75, 3.05) is 14.2 Å². The van der Waals surface area contributed by atoms with E-state index in [1.54, 1.807) is 6.19 Å². The Balaban J connectivity index is 2.16. The highest BCUT2D eigenvalue weighted by Gasteiger charge is 2.54. The minimum atomic E-state index is -4.64. The number of fused-ring (bicyclic) bond motifs is 1. The summed E-state index contributed by atoms with van der Waals surface area (Å²) in [5.74, 6) is -0.515. The summed E-state index contributed by atoms with van der Waals surface area (Å²) in [6.07, 6.45) is -5.69. The predicted octanol–water partition coefficient (Wildman–Crippen LogP) is 3.22. The van der Waals surface area contributed by atoms with Gasteiger partial charge in [-0.15, -0.1) is 0 Å². The molecular formula is C22H22F3N5O6. The van der Waals surface area contributed by atoms with Gasteiger partial charge in [0.15, 0.2) is 18.1 Å². The van der Waals surface area contributed by atoms with Crippen molar-refractivity contribution in [2.45, 2.75) is 37.1 Å². The number of nitrogens with two attached hydrogens (primary N) is 1. The number of nitro benzene ring substituents is 1. The van der Waals surface area contributed by atoms with E-state index in [1.807, 2.05) is 0 Å². The number of aliphatic hydroxyl groups is 1. The van der Waals surface area contributed by atoms with E-state index >= 15 is 0 Å². The van der Waals surface area contributed by atoms with Gasteiger partial charge in [-0.25, -0.2) is 9.89 Å². The largest absolute Gasteiger partial charge is 0.479 e. The smallest absolute Gasteiger partial charge is 0.416 e. The monoisotopic (exact) mass is 509 g/mol. The standard InChI is InChI=1S/C22H22F3N5O6/c1-21(19(34-2)35-3)18(31)17(15-10-14(30(32)33)7-8-16(15)36-21)29(11-26)20(27)28-13-6-4-5-12(9-13)22(23,24)25/h4-10,17-19,31H,1-3H3,(H2,27,28). The number of halogens is 3. The summed E-state index contributed by atoms with van der Waals surface area (Å²) in [5.41, 5.74) is 2.83. The maximum Gasteiger partial charge on any atom is 0.416 e. The molecule has 0 aromatic heterocycles. The first-order valence-corrected chi connectivity index (χ1v) is 10.3. The Labute approximate surface area is 203 Å². The number of nitro groups is 1. The van der Waals surface area contributed by atoms with Crippen LogP contribution in [0.4, 0.5) is 24.5 Å². The number of aliphatic imine (C=N–C) groups is 1. The SMILES string of the molecule is COC(OC)C1(C)Oc2ccc([N+](=O)[O-])cc2C(N(C#N)C(N)=Nc2cccc(C(F)(F)F)c2)C1O. The highest BCUT2D eigenvalue weighted by molar-refractivity contribution is 5.83. The van der Waals surface area contributed by atoms with Gasteiger partial charge in [-0.2, -0.15) is 18.4 Å². The molecule has 0 radical (unpaired) electrons. The molecule has 192 valence electrons. The lowest BCUT2D eigenvalue weighted by atomic mass is 9.83. The molecule has 0 amide bonds. The maximum atomic E-state index is 13.1. The number of alkyl halides is 3. The van der Waals surface area contributed by atoms with Crippen LogP contribution in [0.3, 0.4) is 0 Å². The molecule has 0 aliphatic carbocycles. The molecule has 0 saturated heterocycles. The number of guanidine groups is 1. The molecule has 3 rings (SSSR count). The number of hydrogen-bond donors (Lipinski definition) is 2. The van der Waals surface area contributed by atoms with Crippen molar-refractivity contribution in [2.24, 2.45) is 10.7 Å². The normalized spacial score (nSPS) is 21.9. The third-order valence-electron chi connectivity index (χ3n) is 5.69. The third-order valence-corrected chi connectivity index (χ3v) is 5.69. The molecule has 14 heteroatoms. The summed E-state index contributed by atoms with van der Waals surface area (Å²) >= 11 is 0. The van der Waals surface area contributed by atoms with E-state index in [2.05, 4.69) is 4.99 Å². The zero-order valence-corrected chi connectivity index (χ0v) is 19.3. The number of aliphatic hydroxyl groups excluding tert-OH is 1. The van der Waals surface area contributed by atoms with E-state index in [1.165, 1.54) is 39.3 Å². The Morgan fingerprint density at radius 1 is 1.33 bits per heavy atom. The molecule has 2 aromatic rings.